The number of hydrazone groups is 1. The van der Waals surface area contributed by atoms with Crippen molar-refractivity contribution in [1.82, 2.24) is 5.43 Å². The Kier molecular flexibility index (Phi) is 4.63. The number of guanidine groups is 1. The fraction of sp³-hybridized carbons (Fsp3) is 0.417. The molecule has 0 saturated heterocycles. The smallest absolute Gasteiger partial charge is 0.208 e. The van der Waals surface area contributed by atoms with E-state index in [2.05, 4.69) is 30.4 Å². The van der Waals surface area contributed by atoms with Gasteiger partial charge in [-0.25, -0.2) is 0 Å². The third-order valence-corrected chi connectivity index (χ3v) is 2.41. The molecule has 5 heteroatoms. The van der Waals surface area contributed by atoms with Gasteiger partial charge in [0.2, 0.25) is 5.96 Å². The van der Waals surface area contributed by atoms with E-state index in [9.17, 15) is 0 Å². The largest absolute Gasteiger partial charge is 0.496 e. The number of hydrogen-bond donors (Lipinski definition) is 3. The second-order valence-electron chi connectivity index (χ2n) is 4.10. The van der Waals surface area contributed by atoms with Crippen molar-refractivity contribution in [1.29, 1.82) is 0 Å². The minimum atomic E-state index is 0.0302. The molecule has 0 spiro atoms. The van der Waals surface area contributed by atoms with Crippen molar-refractivity contribution in [3.63, 3.8) is 0 Å². The third-order valence-electron chi connectivity index (χ3n) is 2.41. The molecule has 0 saturated carbocycles. The summed E-state index contributed by atoms with van der Waals surface area (Å²) in [4.78, 5) is 0. The van der Waals surface area contributed by atoms with Crippen LogP contribution in [0.1, 0.15) is 30.9 Å². The highest BCUT2D eigenvalue weighted by atomic mass is 16.5. The Balaban J connectivity index is 2.81. The first-order valence-electron chi connectivity index (χ1n) is 5.53. The van der Waals surface area contributed by atoms with Crippen molar-refractivity contribution in [3.05, 3.63) is 29.3 Å². The molecule has 5 N–H and O–H groups in total. The Morgan fingerprint density at radius 3 is 2.65 bits per heavy atom. The van der Waals surface area contributed by atoms with E-state index in [1.165, 1.54) is 5.56 Å². The molecule has 0 aromatic heterocycles. The number of benzene rings is 1. The van der Waals surface area contributed by atoms with Gasteiger partial charge in [-0.2, -0.15) is 0 Å². The maximum absolute atomic E-state index is 5.32. The molecule has 0 heterocycles. The van der Waals surface area contributed by atoms with Crippen LogP contribution in [0.5, 0.6) is 5.75 Å². The van der Waals surface area contributed by atoms with Crippen LogP contribution in [0.15, 0.2) is 23.3 Å². The summed E-state index contributed by atoms with van der Waals surface area (Å²) in [5.41, 5.74) is 15.5. The maximum Gasteiger partial charge on any atom is 0.208 e. The van der Waals surface area contributed by atoms with Crippen molar-refractivity contribution < 1.29 is 4.74 Å². The highest BCUT2D eigenvalue weighted by Crippen LogP contribution is 2.27. The molecule has 0 aliphatic heterocycles. The van der Waals surface area contributed by atoms with Gasteiger partial charge in [-0.3, -0.25) is 0 Å². The minimum Gasteiger partial charge on any atom is -0.496 e. The van der Waals surface area contributed by atoms with Crippen LogP contribution in [0.2, 0.25) is 0 Å². The molecule has 5 nitrogen and oxygen atoms in total. The zero-order chi connectivity index (χ0) is 12.8. The van der Waals surface area contributed by atoms with Gasteiger partial charge in [-0.1, -0.05) is 26.0 Å². The lowest BCUT2D eigenvalue weighted by Crippen LogP contribution is -2.26. The summed E-state index contributed by atoms with van der Waals surface area (Å²) in [6, 6.07) is 6.04. The number of rotatable bonds is 5. The van der Waals surface area contributed by atoms with E-state index in [4.69, 9.17) is 16.2 Å². The molecular weight excluding hydrogens is 216 g/mol. The summed E-state index contributed by atoms with van der Waals surface area (Å²) in [6.07, 6.45) is 0. The lowest BCUT2D eigenvalue weighted by Gasteiger charge is -2.13. The molecule has 0 atom stereocenters. The standard InChI is InChI=1S/C12H20N4O/c1-8(2)10-6-9(4-5-11(10)17-3)7-15-16-12(13)14/h4-6,8,15H,7H2,1-3H3,(H4,13,14,16). The molecular formula is C12H20N4O. The molecule has 0 aliphatic carbocycles. The van der Waals surface area contributed by atoms with Gasteiger partial charge in [-0.05, 0) is 23.1 Å². The van der Waals surface area contributed by atoms with Gasteiger partial charge >= 0.3 is 0 Å². The first-order valence-corrected chi connectivity index (χ1v) is 5.53. The fourth-order valence-electron chi connectivity index (χ4n) is 1.57. The van der Waals surface area contributed by atoms with Crippen LogP contribution in [-0.2, 0) is 6.54 Å². The molecule has 94 valence electrons. The molecule has 1 rings (SSSR count). The highest BCUT2D eigenvalue weighted by Gasteiger charge is 2.07. The number of nitrogens with zero attached hydrogens (tertiary/aromatic N) is 1. The van der Waals surface area contributed by atoms with Gasteiger partial charge in [0.25, 0.3) is 0 Å². The Morgan fingerprint density at radius 2 is 2.12 bits per heavy atom. The van der Waals surface area contributed by atoms with E-state index in [1.807, 2.05) is 12.1 Å². The fourth-order valence-corrected chi connectivity index (χ4v) is 1.57. The highest BCUT2D eigenvalue weighted by molar-refractivity contribution is 5.75. The summed E-state index contributed by atoms with van der Waals surface area (Å²) < 4.78 is 5.32. The van der Waals surface area contributed by atoms with E-state index in [0.717, 1.165) is 11.3 Å². The van der Waals surface area contributed by atoms with Crippen molar-refractivity contribution >= 4 is 5.96 Å². The van der Waals surface area contributed by atoms with Crippen LogP contribution in [0.3, 0.4) is 0 Å². The second kappa shape index (κ2) is 5.98. The summed E-state index contributed by atoms with van der Waals surface area (Å²) in [5.74, 6) is 1.35. The van der Waals surface area contributed by atoms with E-state index >= 15 is 0 Å². The van der Waals surface area contributed by atoms with Crippen LogP contribution in [0, 0.1) is 0 Å². The Hall–Kier alpha value is -1.91. The van der Waals surface area contributed by atoms with Gasteiger partial charge in [0.1, 0.15) is 5.75 Å². The summed E-state index contributed by atoms with van der Waals surface area (Å²) in [6.45, 7) is 4.85. The third kappa shape index (κ3) is 3.86. The van der Waals surface area contributed by atoms with Gasteiger partial charge in [0, 0.05) is 0 Å². The van der Waals surface area contributed by atoms with Gasteiger partial charge in [0.05, 0.1) is 13.7 Å². The van der Waals surface area contributed by atoms with Gasteiger partial charge in [0.15, 0.2) is 0 Å². The predicted octanol–water partition coefficient (Wildman–Crippen LogP) is 1.10. The van der Waals surface area contributed by atoms with Gasteiger partial charge in [-0.15, -0.1) is 5.10 Å². The molecule has 0 aliphatic rings. The maximum atomic E-state index is 5.32. The van der Waals surface area contributed by atoms with Crippen molar-refractivity contribution in [2.24, 2.45) is 16.6 Å². The van der Waals surface area contributed by atoms with Gasteiger partial charge < -0.3 is 21.6 Å². The lowest BCUT2D eigenvalue weighted by molar-refractivity contribution is 0.407. The number of methoxy groups -OCH3 is 1. The average Bonchev–Trinajstić information content (AvgIpc) is 2.28. The average molecular weight is 236 g/mol. The summed E-state index contributed by atoms with van der Waals surface area (Å²) in [5, 5.41) is 3.73. The zero-order valence-corrected chi connectivity index (χ0v) is 10.5. The van der Waals surface area contributed by atoms with Crippen molar-refractivity contribution in [2.45, 2.75) is 26.3 Å². The monoisotopic (exact) mass is 236 g/mol. The van der Waals surface area contributed by atoms with Crippen LogP contribution in [0.4, 0.5) is 0 Å². The quantitative estimate of drug-likeness (QED) is 0.406. The molecule has 0 fully saturated rings. The Labute approximate surface area is 102 Å². The second-order valence-corrected chi connectivity index (χ2v) is 4.10. The topological polar surface area (TPSA) is 85.7 Å². The lowest BCUT2D eigenvalue weighted by atomic mass is 9.99. The van der Waals surface area contributed by atoms with E-state index in [-0.39, 0.29) is 5.96 Å². The first-order chi connectivity index (χ1) is 8.04. The van der Waals surface area contributed by atoms with E-state index in [1.54, 1.807) is 7.11 Å². The van der Waals surface area contributed by atoms with Crippen LogP contribution in [-0.4, -0.2) is 13.1 Å². The normalized spacial score (nSPS) is 10.1. The molecule has 0 amide bonds. The molecule has 0 unspecified atom stereocenters. The van der Waals surface area contributed by atoms with Crippen LogP contribution < -0.4 is 21.6 Å². The predicted molar refractivity (Wildman–Crippen MR) is 69.7 cm³/mol. The summed E-state index contributed by atoms with van der Waals surface area (Å²) in [7, 11) is 1.68. The molecule has 17 heavy (non-hydrogen) atoms. The SMILES string of the molecule is COc1ccc(CNN=C(N)N)cc1C(C)C. The Bertz CT molecular complexity index is 397. The minimum absolute atomic E-state index is 0.0302. The van der Waals surface area contributed by atoms with Crippen LogP contribution in [0.25, 0.3) is 0 Å². The zero-order valence-electron chi connectivity index (χ0n) is 10.5. The van der Waals surface area contributed by atoms with Crippen molar-refractivity contribution in [2.75, 3.05) is 7.11 Å². The molecule has 0 bridgehead atoms. The van der Waals surface area contributed by atoms with E-state index in [0.29, 0.717) is 12.5 Å². The number of ether oxygens (including phenoxy) is 1. The van der Waals surface area contributed by atoms with Crippen molar-refractivity contribution in [3.8, 4) is 5.75 Å². The first kappa shape index (κ1) is 13.2. The summed E-state index contributed by atoms with van der Waals surface area (Å²) >= 11 is 0. The molecule has 1 aromatic rings. The van der Waals surface area contributed by atoms with E-state index < -0.39 is 0 Å². The number of nitrogens with one attached hydrogen (secondary N) is 1. The molecule has 1 aromatic carbocycles. The van der Waals surface area contributed by atoms with Crippen LogP contribution >= 0.6 is 0 Å². The number of hydrogen-bond acceptors (Lipinski definition) is 3. The molecule has 0 radical (unpaired) electrons. The number of nitrogens with two attached hydrogens (primary N) is 2. The Morgan fingerprint density at radius 1 is 1.41 bits per heavy atom.